The molecule has 16 heavy (non-hydrogen) atoms. The lowest BCUT2D eigenvalue weighted by Gasteiger charge is -2.18. The molecule has 1 heterocycles. The molecule has 1 fully saturated rings. The standard InChI is InChI=1S/C12H13NO3/c1-9(14)13-8-16-12(15)11(13)7-10-5-3-2-4-6-10/h2-6,11H,7-8H2,1H3/t11-/m0/s1. The SMILES string of the molecule is CC(=O)N1COC(=O)[C@@H]1Cc1ccccc1. The monoisotopic (exact) mass is 219 g/mol. The fraction of sp³-hybridized carbons (Fsp3) is 0.333. The highest BCUT2D eigenvalue weighted by molar-refractivity contribution is 5.85. The number of cyclic esters (lactones) is 1. The summed E-state index contributed by atoms with van der Waals surface area (Å²) >= 11 is 0. The van der Waals surface area contributed by atoms with Crippen LogP contribution in [0.3, 0.4) is 0 Å². The van der Waals surface area contributed by atoms with Gasteiger partial charge in [-0.05, 0) is 5.56 Å². The zero-order valence-corrected chi connectivity index (χ0v) is 9.05. The summed E-state index contributed by atoms with van der Waals surface area (Å²) in [4.78, 5) is 24.2. The summed E-state index contributed by atoms with van der Waals surface area (Å²) in [7, 11) is 0. The minimum absolute atomic E-state index is 0.0751. The lowest BCUT2D eigenvalue weighted by Crippen LogP contribution is -2.38. The number of hydrogen-bond acceptors (Lipinski definition) is 3. The molecule has 1 amide bonds. The summed E-state index contributed by atoms with van der Waals surface area (Å²) in [5, 5.41) is 0. The molecule has 1 atom stereocenters. The highest BCUT2D eigenvalue weighted by atomic mass is 16.6. The molecule has 0 unspecified atom stereocenters. The Morgan fingerprint density at radius 3 is 2.75 bits per heavy atom. The van der Waals surface area contributed by atoms with E-state index in [0.29, 0.717) is 6.42 Å². The first-order valence-electron chi connectivity index (χ1n) is 5.16. The van der Waals surface area contributed by atoms with E-state index in [4.69, 9.17) is 4.74 Å². The molecule has 0 aromatic heterocycles. The fourth-order valence-electron chi connectivity index (χ4n) is 1.79. The van der Waals surface area contributed by atoms with Gasteiger partial charge in [-0.25, -0.2) is 4.79 Å². The Morgan fingerprint density at radius 2 is 2.12 bits per heavy atom. The molecule has 0 saturated carbocycles. The zero-order valence-electron chi connectivity index (χ0n) is 9.05. The summed E-state index contributed by atoms with van der Waals surface area (Å²) < 4.78 is 4.88. The van der Waals surface area contributed by atoms with Gasteiger partial charge in [0.15, 0.2) is 6.73 Å². The third-order valence-corrected chi connectivity index (χ3v) is 2.67. The molecule has 0 spiro atoms. The van der Waals surface area contributed by atoms with Crippen LogP contribution in [0.5, 0.6) is 0 Å². The maximum Gasteiger partial charge on any atom is 0.331 e. The molecule has 0 bridgehead atoms. The lowest BCUT2D eigenvalue weighted by molar-refractivity contribution is -0.139. The Labute approximate surface area is 93.8 Å². The first-order chi connectivity index (χ1) is 7.68. The van der Waals surface area contributed by atoms with Crippen LogP contribution >= 0.6 is 0 Å². The number of benzene rings is 1. The second-order valence-electron chi connectivity index (χ2n) is 3.79. The number of amides is 1. The Kier molecular flexibility index (Phi) is 2.90. The molecular formula is C12H13NO3. The van der Waals surface area contributed by atoms with Crippen LogP contribution in [-0.2, 0) is 20.7 Å². The second-order valence-corrected chi connectivity index (χ2v) is 3.79. The number of hydrogen-bond donors (Lipinski definition) is 0. The highest BCUT2D eigenvalue weighted by Crippen LogP contribution is 2.16. The molecule has 0 N–H and O–H groups in total. The van der Waals surface area contributed by atoms with Gasteiger partial charge in [0.1, 0.15) is 6.04 Å². The Hall–Kier alpha value is -1.84. The van der Waals surface area contributed by atoms with Crippen molar-refractivity contribution in [2.24, 2.45) is 0 Å². The van der Waals surface area contributed by atoms with Gasteiger partial charge in [-0.15, -0.1) is 0 Å². The van der Waals surface area contributed by atoms with Crippen molar-refractivity contribution >= 4 is 11.9 Å². The van der Waals surface area contributed by atoms with E-state index in [1.165, 1.54) is 11.8 Å². The van der Waals surface area contributed by atoms with Crippen LogP contribution < -0.4 is 0 Å². The third-order valence-electron chi connectivity index (χ3n) is 2.67. The summed E-state index contributed by atoms with van der Waals surface area (Å²) in [5.74, 6) is -0.453. The van der Waals surface area contributed by atoms with E-state index in [2.05, 4.69) is 0 Å². The van der Waals surface area contributed by atoms with Gasteiger partial charge in [0.25, 0.3) is 0 Å². The Bertz CT molecular complexity index is 402. The van der Waals surface area contributed by atoms with Gasteiger partial charge in [-0.3, -0.25) is 9.69 Å². The molecule has 84 valence electrons. The Morgan fingerprint density at radius 1 is 1.44 bits per heavy atom. The van der Waals surface area contributed by atoms with Crippen LogP contribution in [0.4, 0.5) is 0 Å². The minimum Gasteiger partial charge on any atom is -0.443 e. The summed E-state index contributed by atoms with van der Waals surface area (Å²) in [6.07, 6.45) is 0.513. The molecule has 1 saturated heterocycles. The number of esters is 1. The van der Waals surface area contributed by atoms with E-state index in [0.717, 1.165) is 5.56 Å². The zero-order chi connectivity index (χ0) is 11.5. The average molecular weight is 219 g/mol. The van der Waals surface area contributed by atoms with E-state index in [1.54, 1.807) is 0 Å². The molecule has 1 aliphatic rings. The number of rotatable bonds is 2. The molecular weight excluding hydrogens is 206 g/mol. The normalized spacial score (nSPS) is 19.7. The quantitative estimate of drug-likeness (QED) is 0.696. The van der Waals surface area contributed by atoms with Gasteiger partial charge in [-0.1, -0.05) is 30.3 Å². The molecule has 2 rings (SSSR count). The average Bonchev–Trinajstić information content (AvgIpc) is 2.62. The van der Waals surface area contributed by atoms with Crippen LogP contribution in [0.1, 0.15) is 12.5 Å². The third kappa shape index (κ3) is 2.05. The van der Waals surface area contributed by atoms with Crippen LogP contribution in [-0.4, -0.2) is 29.5 Å². The van der Waals surface area contributed by atoms with Gasteiger partial charge >= 0.3 is 5.97 Å². The minimum atomic E-state index is -0.472. The topological polar surface area (TPSA) is 46.6 Å². The van der Waals surface area contributed by atoms with Crippen molar-refractivity contribution in [1.29, 1.82) is 0 Å². The molecule has 1 aromatic rings. The Balaban J connectivity index is 2.13. The summed E-state index contributed by atoms with van der Waals surface area (Å²) in [6.45, 7) is 1.52. The van der Waals surface area contributed by atoms with Gasteiger partial charge in [-0.2, -0.15) is 0 Å². The van der Waals surface area contributed by atoms with Gasteiger partial charge in [0, 0.05) is 13.3 Å². The van der Waals surface area contributed by atoms with Crippen LogP contribution in [0.15, 0.2) is 30.3 Å². The number of ether oxygens (including phenoxy) is 1. The molecule has 0 aliphatic carbocycles. The van der Waals surface area contributed by atoms with Crippen molar-refractivity contribution in [3.8, 4) is 0 Å². The summed E-state index contributed by atoms with van der Waals surface area (Å²) in [5.41, 5.74) is 1.03. The van der Waals surface area contributed by atoms with Crippen LogP contribution in [0, 0.1) is 0 Å². The molecule has 1 aliphatic heterocycles. The largest absolute Gasteiger partial charge is 0.443 e. The van der Waals surface area contributed by atoms with E-state index in [1.807, 2.05) is 30.3 Å². The van der Waals surface area contributed by atoms with Gasteiger partial charge < -0.3 is 4.74 Å². The van der Waals surface area contributed by atoms with Crippen molar-refractivity contribution in [2.75, 3.05) is 6.73 Å². The summed E-state index contributed by atoms with van der Waals surface area (Å²) in [6, 6.07) is 9.13. The maximum atomic E-state index is 11.5. The second kappa shape index (κ2) is 4.35. The van der Waals surface area contributed by atoms with Crippen LogP contribution in [0.2, 0.25) is 0 Å². The first kappa shape index (κ1) is 10.7. The molecule has 4 heteroatoms. The van der Waals surface area contributed by atoms with Crippen molar-refractivity contribution < 1.29 is 14.3 Å². The fourth-order valence-corrected chi connectivity index (χ4v) is 1.79. The lowest BCUT2D eigenvalue weighted by atomic mass is 10.1. The van der Waals surface area contributed by atoms with E-state index in [-0.39, 0.29) is 18.6 Å². The smallest absolute Gasteiger partial charge is 0.331 e. The predicted molar refractivity (Wildman–Crippen MR) is 57.4 cm³/mol. The van der Waals surface area contributed by atoms with E-state index >= 15 is 0 Å². The van der Waals surface area contributed by atoms with E-state index in [9.17, 15) is 9.59 Å². The van der Waals surface area contributed by atoms with Gasteiger partial charge in [0.05, 0.1) is 0 Å². The number of carbonyl (C=O) groups excluding carboxylic acids is 2. The maximum absolute atomic E-state index is 11.5. The molecule has 1 aromatic carbocycles. The van der Waals surface area contributed by atoms with Crippen molar-refractivity contribution in [2.45, 2.75) is 19.4 Å². The molecule has 4 nitrogen and oxygen atoms in total. The number of nitrogens with zero attached hydrogens (tertiary/aromatic N) is 1. The van der Waals surface area contributed by atoms with Crippen molar-refractivity contribution in [1.82, 2.24) is 4.90 Å². The predicted octanol–water partition coefficient (Wildman–Crippen LogP) is 0.960. The molecule has 0 radical (unpaired) electrons. The first-order valence-corrected chi connectivity index (χ1v) is 5.16. The number of carbonyl (C=O) groups is 2. The van der Waals surface area contributed by atoms with Crippen LogP contribution in [0.25, 0.3) is 0 Å². The van der Waals surface area contributed by atoms with Crippen molar-refractivity contribution in [3.05, 3.63) is 35.9 Å². The van der Waals surface area contributed by atoms with Gasteiger partial charge in [0.2, 0.25) is 5.91 Å². The highest BCUT2D eigenvalue weighted by Gasteiger charge is 2.35. The van der Waals surface area contributed by atoms with E-state index < -0.39 is 6.04 Å². The van der Waals surface area contributed by atoms with Crippen molar-refractivity contribution in [3.63, 3.8) is 0 Å².